The molecule has 0 atom stereocenters. The van der Waals surface area contributed by atoms with Crippen molar-refractivity contribution in [1.29, 1.82) is 0 Å². The lowest BCUT2D eigenvalue weighted by Gasteiger charge is -2.25. The van der Waals surface area contributed by atoms with Crippen LogP contribution in [0.3, 0.4) is 0 Å². The molecule has 2 heterocycles. The molecule has 0 saturated carbocycles. The minimum absolute atomic E-state index is 0.00924. The average Bonchev–Trinajstić information content (AvgIpc) is 2.63. The summed E-state index contributed by atoms with van der Waals surface area (Å²) in [4.78, 5) is 29.6. The first-order valence-corrected chi connectivity index (χ1v) is 8.78. The predicted octanol–water partition coefficient (Wildman–Crippen LogP) is 3.11. The summed E-state index contributed by atoms with van der Waals surface area (Å²) in [5.74, 6) is 0.00924. The molecule has 1 aromatic heterocycles. The van der Waals surface area contributed by atoms with Crippen molar-refractivity contribution in [3.05, 3.63) is 52.8 Å². The number of aromatic amines is 1. The first kappa shape index (κ1) is 15.8. The lowest BCUT2D eigenvalue weighted by atomic mass is 10.1. The fraction of sp³-hybridized carbons (Fsp3) is 0.300. The number of amides is 1. The zero-order chi connectivity index (χ0) is 17.2. The van der Waals surface area contributed by atoms with Crippen LogP contribution in [0.1, 0.15) is 19.3 Å². The number of carbonyl (C=O) groups excluding carboxylic acids is 1. The summed E-state index contributed by atoms with van der Waals surface area (Å²) >= 11 is 0. The fourth-order valence-electron chi connectivity index (χ4n) is 3.58. The Hall–Kier alpha value is -2.66. The first-order chi connectivity index (χ1) is 12.2. The van der Waals surface area contributed by atoms with Gasteiger partial charge in [0.05, 0.1) is 6.54 Å². The molecule has 0 unspecified atom stereocenters. The summed E-state index contributed by atoms with van der Waals surface area (Å²) in [6.45, 7) is 2.43. The second-order valence-corrected chi connectivity index (χ2v) is 6.65. The van der Waals surface area contributed by atoms with E-state index in [2.05, 4.69) is 15.2 Å². The largest absolute Gasteiger partial charge is 0.325 e. The normalized spacial score (nSPS) is 15.5. The van der Waals surface area contributed by atoms with E-state index in [-0.39, 0.29) is 11.5 Å². The summed E-state index contributed by atoms with van der Waals surface area (Å²) in [5, 5.41) is 5.48. The fourth-order valence-corrected chi connectivity index (χ4v) is 3.58. The van der Waals surface area contributed by atoms with E-state index in [0.717, 1.165) is 35.1 Å². The van der Waals surface area contributed by atoms with Crippen LogP contribution in [0.4, 0.5) is 5.69 Å². The van der Waals surface area contributed by atoms with Gasteiger partial charge in [0.1, 0.15) is 0 Å². The van der Waals surface area contributed by atoms with Gasteiger partial charge in [-0.2, -0.15) is 0 Å². The Morgan fingerprint density at radius 1 is 1.00 bits per heavy atom. The first-order valence-electron chi connectivity index (χ1n) is 8.78. The smallest absolute Gasteiger partial charge is 0.256 e. The Bertz CT molecular complexity index is 987. The number of carbonyl (C=O) groups is 1. The van der Waals surface area contributed by atoms with Crippen LogP contribution in [0.5, 0.6) is 0 Å². The van der Waals surface area contributed by atoms with Crippen molar-refractivity contribution in [2.45, 2.75) is 19.3 Å². The number of hydrogen-bond acceptors (Lipinski definition) is 3. The van der Waals surface area contributed by atoms with Gasteiger partial charge >= 0.3 is 0 Å². The molecule has 2 N–H and O–H groups in total. The maximum Gasteiger partial charge on any atom is 0.256 e. The minimum Gasteiger partial charge on any atom is -0.325 e. The van der Waals surface area contributed by atoms with Gasteiger partial charge in [-0.1, -0.05) is 24.6 Å². The molecular weight excluding hydrogens is 314 g/mol. The minimum atomic E-state index is -0.0926. The van der Waals surface area contributed by atoms with E-state index in [4.69, 9.17) is 0 Å². The molecule has 4 rings (SSSR count). The van der Waals surface area contributed by atoms with Gasteiger partial charge in [0, 0.05) is 22.0 Å². The summed E-state index contributed by atoms with van der Waals surface area (Å²) in [6.07, 6.45) is 3.60. The number of nitrogens with zero attached hydrogens (tertiary/aromatic N) is 1. The van der Waals surface area contributed by atoms with Gasteiger partial charge in [0.2, 0.25) is 5.91 Å². The highest BCUT2D eigenvalue weighted by atomic mass is 16.2. The van der Waals surface area contributed by atoms with E-state index in [1.807, 2.05) is 42.5 Å². The van der Waals surface area contributed by atoms with Crippen LogP contribution in [-0.4, -0.2) is 35.4 Å². The molecule has 1 aliphatic rings. The van der Waals surface area contributed by atoms with Crippen LogP contribution in [-0.2, 0) is 4.79 Å². The molecule has 0 aliphatic carbocycles. The maximum atomic E-state index is 12.3. The Morgan fingerprint density at radius 3 is 2.56 bits per heavy atom. The number of fused-ring (bicyclic) bond motifs is 3. The van der Waals surface area contributed by atoms with Gasteiger partial charge in [-0.3, -0.25) is 14.5 Å². The molecule has 1 saturated heterocycles. The third-order valence-electron chi connectivity index (χ3n) is 4.83. The third kappa shape index (κ3) is 3.28. The van der Waals surface area contributed by atoms with Crippen LogP contribution in [0.25, 0.3) is 21.7 Å². The van der Waals surface area contributed by atoms with Gasteiger partial charge in [-0.05, 0) is 55.6 Å². The van der Waals surface area contributed by atoms with Crippen molar-refractivity contribution >= 4 is 33.3 Å². The highest BCUT2D eigenvalue weighted by molar-refractivity contribution is 6.07. The Labute approximate surface area is 145 Å². The molecule has 1 amide bonds. The van der Waals surface area contributed by atoms with Gasteiger partial charge < -0.3 is 10.3 Å². The summed E-state index contributed by atoms with van der Waals surface area (Å²) in [6, 6.07) is 13.1. The number of H-pyrrole nitrogens is 1. The highest BCUT2D eigenvalue weighted by Crippen LogP contribution is 2.24. The van der Waals surface area contributed by atoms with E-state index < -0.39 is 0 Å². The number of pyridine rings is 1. The molecule has 2 aromatic carbocycles. The number of piperidine rings is 1. The number of anilines is 1. The number of aromatic nitrogens is 1. The molecule has 5 nitrogen and oxygen atoms in total. The van der Waals surface area contributed by atoms with E-state index in [1.165, 1.54) is 19.3 Å². The molecule has 0 spiro atoms. The molecule has 1 fully saturated rings. The zero-order valence-corrected chi connectivity index (χ0v) is 14.0. The summed E-state index contributed by atoms with van der Waals surface area (Å²) in [5.41, 5.74) is 1.44. The highest BCUT2D eigenvalue weighted by Gasteiger charge is 2.14. The van der Waals surface area contributed by atoms with Gasteiger partial charge in [-0.15, -0.1) is 0 Å². The Morgan fingerprint density at radius 2 is 1.76 bits per heavy atom. The number of hydrogen-bond donors (Lipinski definition) is 2. The molecule has 5 heteroatoms. The summed E-state index contributed by atoms with van der Waals surface area (Å²) < 4.78 is 0. The zero-order valence-electron chi connectivity index (χ0n) is 14.0. The molecule has 25 heavy (non-hydrogen) atoms. The van der Waals surface area contributed by atoms with Gasteiger partial charge in [0.15, 0.2) is 0 Å². The maximum absolute atomic E-state index is 12.3. The third-order valence-corrected chi connectivity index (χ3v) is 4.83. The molecule has 0 bridgehead atoms. The SMILES string of the molecule is O=C(CN1CCCCC1)Nc1ccc2[nH]c(=O)c3ccccc3c2c1. The lowest BCUT2D eigenvalue weighted by Crippen LogP contribution is -2.36. The molecular formula is C20H21N3O2. The van der Waals surface area contributed by atoms with Crippen LogP contribution in [0.15, 0.2) is 47.3 Å². The van der Waals surface area contributed by atoms with E-state index in [1.54, 1.807) is 0 Å². The number of nitrogens with one attached hydrogen (secondary N) is 2. The summed E-state index contributed by atoms with van der Waals surface area (Å²) in [7, 11) is 0. The number of rotatable bonds is 3. The van der Waals surface area contributed by atoms with Crippen molar-refractivity contribution < 1.29 is 4.79 Å². The monoisotopic (exact) mass is 335 g/mol. The molecule has 1 aliphatic heterocycles. The second kappa shape index (κ2) is 6.69. The topological polar surface area (TPSA) is 65.2 Å². The van der Waals surface area contributed by atoms with E-state index in [0.29, 0.717) is 11.9 Å². The number of benzene rings is 2. The average molecular weight is 335 g/mol. The number of likely N-dealkylation sites (tertiary alicyclic amines) is 1. The van der Waals surface area contributed by atoms with Gasteiger partial charge in [0.25, 0.3) is 5.56 Å². The molecule has 128 valence electrons. The molecule has 3 aromatic rings. The van der Waals surface area contributed by atoms with Crippen molar-refractivity contribution in [3.63, 3.8) is 0 Å². The Kier molecular flexibility index (Phi) is 4.24. The van der Waals surface area contributed by atoms with Crippen LogP contribution in [0.2, 0.25) is 0 Å². The lowest BCUT2D eigenvalue weighted by molar-refractivity contribution is -0.117. The predicted molar refractivity (Wildman–Crippen MR) is 101 cm³/mol. The quantitative estimate of drug-likeness (QED) is 0.723. The van der Waals surface area contributed by atoms with Crippen molar-refractivity contribution in [2.75, 3.05) is 25.0 Å². The van der Waals surface area contributed by atoms with Crippen LogP contribution >= 0.6 is 0 Å². The second-order valence-electron chi connectivity index (χ2n) is 6.65. The standard InChI is InChI=1S/C20H21N3O2/c24-19(13-23-10-4-1-5-11-23)21-14-8-9-18-17(12-14)15-6-2-3-7-16(15)20(25)22-18/h2-3,6-9,12H,1,4-5,10-11,13H2,(H,21,24)(H,22,25). The van der Waals surface area contributed by atoms with E-state index >= 15 is 0 Å². The molecule has 0 radical (unpaired) electrons. The van der Waals surface area contributed by atoms with Crippen LogP contribution < -0.4 is 10.9 Å². The Balaban J connectivity index is 1.62. The van der Waals surface area contributed by atoms with Crippen molar-refractivity contribution in [2.24, 2.45) is 0 Å². The van der Waals surface area contributed by atoms with Crippen molar-refractivity contribution in [3.8, 4) is 0 Å². The van der Waals surface area contributed by atoms with Gasteiger partial charge in [-0.25, -0.2) is 0 Å². The van der Waals surface area contributed by atoms with Crippen molar-refractivity contribution in [1.82, 2.24) is 9.88 Å². The van der Waals surface area contributed by atoms with E-state index in [9.17, 15) is 9.59 Å². The van der Waals surface area contributed by atoms with Crippen LogP contribution in [0, 0.1) is 0 Å².